The lowest BCUT2D eigenvalue weighted by Gasteiger charge is -2.11. The summed E-state index contributed by atoms with van der Waals surface area (Å²) in [6.45, 7) is 12.2. The van der Waals surface area contributed by atoms with E-state index in [0.717, 1.165) is 30.1 Å². The van der Waals surface area contributed by atoms with Crippen molar-refractivity contribution in [3.8, 4) is 5.75 Å². The topological polar surface area (TPSA) is 27.1 Å². The summed E-state index contributed by atoms with van der Waals surface area (Å²) in [5.74, 6) is 2.07. The molecule has 0 spiro atoms. The van der Waals surface area contributed by atoms with Gasteiger partial charge in [-0.2, -0.15) is 0 Å². The molecule has 1 heterocycles. The van der Waals surface area contributed by atoms with Crippen LogP contribution in [0, 0.1) is 34.6 Å². The Balaban J connectivity index is 1.69. The third-order valence-corrected chi connectivity index (χ3v) is 4.68. The second-order valence-corrected chi connectivity index (χ2v) is 6.71. The third-order valence-electron chi connectivity index (χ3n) is 4.68. The van der Waals surface area contributed by atoms with E-state index in [4.69, 9.17) is 9.72 Å². The van der Waals surface area contributed by atoms with Crippen LogP contribution in [0.3, 0.4) is 0 Å². The van der Waals surface area contributed by atoms with E-state index in [1.165, 1.54) is 27.8 Å². The summed E-state index contributed by atoms with van der Waals surface area (Å²) < 4.78 is 8.28. The van der Waals surface area contributed by atoms with E-state index in [9.17, 15) is 0 Å². The molecule has 126 valence electrons. The minimum absolute atomic E-state index is 0.717. The van der Waals surface area contributed by atoms with Crippen molar-refractivity contribution in [2.75, 3.05) is 6.61 Å². The molecule has 3 aromatic rings. The fourth-order valence-corrected chi connectivity index (χ4v) is 3.05. The maximum atomic E-state index is 5.98. The van der Waals surface area contributed by atoms with Crippen LogP contribution < -0.4 is 4.74 Å². The normalized spacial score (nSPS) is 11.2. The van der Waals surface area contributed by atoms with Crippen LogP contribution in [0.1, 0.15) is 34.5 Å². The molecule has 0 atom stereocenters. The van der Waals surface area contributed by atoms with E-state index in [1.54, 1.807) is 0 Å². The van der Waals surface area contributed by atoms with Crippen LogP contribution >= 0.6 is 0 Å². The number of nitrogens with zero attached hydrogens (tertiary/aromatic N) is 2. The zero-order valence-corrected chi connectivity index (χ0v) is 15.3. The van der Waals surface area contributed by atoms with Crippen molar-refractivity contribution in [1.82, 2.24) is 9.55 Å². The molecule has 0 bridgehead atoms. The van der Waals surface area contributed by atoms with Gasteiger partial charge in [-0.25, -0.2) is 4.98 Å². The summed E-state index contributed by atoms with van der Waals surface area (Å²) in [4.78, 5) is 4.70. The first-order chi connectivity index (χ1) is 11.5. The maximum absolute atomic E-state index is 5.98. The van der Waals surface area contributed by atoms with Gasteiger partial charge in [0.25, 0.3) is 0 Å². The van der Waals surface area contributed by atoms with Crippen LogP contribution in [-0.4, -0.2) is 16.2 Å². The van der Waals surface area contributed by atoms with Crippen molar-refractivity contribution in [2.24, 2.45) is 0 Å². The highest BCUT2D eigenvalue weighted by atomic mass is 16.5. The number of benzene rings is 2. The smallest absolute Gasteiger partial charge is 0.122 e. The monoisotopic (exact) mass is 322 g/mol. The van der Waals surface area contributed by atoms with Crippen molar-refractivity contribution < 1.29 is 4.74 Å². The second kappa shape index (κ2) is 6.68. The third kappa shape index (κ3) is 3.30. The van der Waals surface area contributed by atoms with Gasteiger partial charge in [-0.3, -0.25) is 0 Å². The quantitative estimate of drug-likeness (QED) is 0.615. The maximum Gasteiger partial charge on any atom is 0.122 e. The van der Waals surface area contributed by atoms with E-state index in [0.29, 0.717) is 6.61 Å². The first kappa shape index (κ1) is 16.6. The average Bonchev–Trinajstić information content (AvgIpc) is 2.82. The SMILES string of the molecule is Cc1ccc(C)c(OCCCn2c(C)nc3cc(C)c(C)cc32)c1. The summed E-state index contributed by atoms with van der Waals surface area (Å²) in [6, 6.07) is 10.8. The van der Waals surface area contributed by atoms with Gasteiger partial charge in [-0.15, -0.1) is 0 Å². The number of ether oxygens (including phenoxy) is 1. The molecule has 0 aliphatic carbocycles. The Kier molecular flexibility index (Phi) is 4.61. The average molecular weight is 322 g/mol. The summed E-state index contributed by atoms with van der Waals surface area (Å²) in [5, 5.41) is 0. The highest BCUT2D eigenvalue weighted by molar-refractivity contribution is 5.78. The Labute approximate surface area is 144 Å². The Morgan fingerprint density at radius 1 is 0.917 bits per heavy atom. The van der Waals surface area contributed by atoms with E-state index < -0.39 is 0 Å². The molecule has 3 nitrogen and oxygen atoms in total. The molecule has 1 aromatic heterocycles. The molecule has 24 heavy (non-hydrogen) atoms. The number of imidazole rings is 1. The Morgan fingerprint density at radius 2 is 1.67 bits per heavy atom. The van der Waals surface area contributed by atoms with Gasteiger partial charge in [-0.1, -0.05) is 12.1 Å². The molecule has 0 fully saturated rings. The summed E-state index contributed by atoms with van der Waals surface area (Å²) in [5.41, 5.74) is 7.35. The Hall–Kier alpha value is -2.29. The van der Waals surface area contributed by atoms with Crippen LogP contribution in [0.2, 0.25) is 0 Å². The zero-order chi connectivity index (χ0) is 17.3. The van der Waals surface area contributed by atoms with Crippen molar-refractivity contribution >= 4 is 11.0 Å². The highest BCUT2D eigenvalue weighted by Gasteiger charge is 2.09. The molecule has 0 saturated heterocycles. The number of aromatic nitrogens is 2. The van der Waals surface area contributed by atoms with Crippen LogP contribution in [0.4, 0.5) is 0 Å². The first-order valence-corrected chi connectivity index (χ1v) is 8.60. The van der Waals surface area contributed by atoms with Crippen molar-refractivity contribution in [2.45, 2.75) is 47.6 Å². The van der Waals surface area contributed by atoms with Gasteiger partial charge in [0.05, 0.1) is 17.6 Å². The lowest BCUT2D eigenvalue weighted by atomic mass is 10.1. The molecule has 0 aliphatic heterocycles. The van der Waals surface area contributed by atoms with Gasteiger partial charge in [0.15, 0.2) is 0 Å². The second-order valence-electron chi connectivity index (χ2n) is 6.71. The van der Waals surface area contributed by atoms with Crippen LogP contribution in [0.5, 0.6) is 5.75 Å². The molecular formula is C21H26N2O. The van der Waals surface area contributed by atoms with Gasteiger partial charge in [0.2, 0.25) is 0 Å². The van der Waals surface area contributed by atoms with Crippen LogP contribution in [-0.2, 0) is 6.54 Å². The fraction of sp³-hybridized carbons (Fsp3) is 0.381. The lowest BCUT2D eigenvalue weighted by molar-refractivity contribution is 0.300. The van der Waals surface area contributed by atoms with E-state index >= 15 is 0 Å². The van der Waals surface area contributed by atoms with Gasteiger partial charge in [0.1, 0.15) is 11.6 Å². The minimum atomic E-state index is 0.717. The molecule has 3 rings (SSSR count). The predicted octanol–water partition coefficient (Wildman–Crippen LogP) is 5.05. The number of fused-ring (bicyclic) bond motifs is 1. The largest absolute Gasteiger partial charge is 0.493 e. The summed E-state index contributed by atoms with van der Waals surface area (Å²) >= 11 is 0. The lowest BCUT2D eigenvalue weighted by Crippen LogP contribution is -2.06. The molecule has 0 N–H and O–H groups in total. The Bertz CT molecular complexity index is 877. The molecule has 3 heteroatoms. The summed E-state index contributed by atoms with van der Waals surface area (Å²) in [7, 11) is 0. The van der Waals surface area contributed by atoms with Gasteiger partial charge < -0.3 is 9.30 Å². The van der Waals surface area contributed by atoms with E-state index in [1.807, 2.05) is 0 Å². The molecule has 0 unspecified atom stereocenters. The molecule has 2 aromatic carbocycles. The zero-order valence-electron chi connectivity index (χ0n) is 15.3. The van der Waals surface area contributed by atoms with E-state index in [2.05, 4.69) is 69.5 Å². The molecule has 0 saturated carbocycles. The number of aryl methyl sites for hydroxylation is 6. The Morgan fingerprint density at radius 3 is 2.46 bits per heavy atom. The first-order valence-electron chi connectivity index (χ1n) is 8.60. The van der Waals surface area contributed by atoms with Crippen molar-refractivity contribution in [3.63, 3.8) is 0 Å². The van der Waals surface area contributed by atoms with E-state index in [-0.39, 0.29) is 0 Å². The fourth-order valence-electron chi connectivity index (χ4n) is 3.05. The van der Waals surface area contributed by atoms with Gasteiger partial charge >= 0.3 is 0 Å². The molecule has 0 radical (unpaired) electrons. The standard InChI is InChI=1S/C21H26N2O/c1-14-7-8-15(2)21(11-14)24-10-6-9-23-18(5)22-19-12-16(3)17(4)13-20(19)23/h7-8,11-13H,6,9-10H2,1-5H3. The molecule has 0 amide bonds. The van der Waals surface area contributed by atoms with Crippen molar-refractivity contribution in [1.29, 1.82) is 0 Å². The predicted molar refractivity (Wildman–Crippen MR) is 100.0 cm³/mol. The van der Waals surface area contributed by atoms with Gasteiger partial charge in [0, 0.05) is 6.54 Å². The molecular weight excluding hydrogens is 296 g/mol. The summed E-state index contributed by atoms with van der Waals surface area (Å²) in [6.07, 6.45) is 0.965. The van der Waals surface area contributed by atoms with Crippen molar-refractivity contribution in [3.05, 3.63) is 58.4 Å². The number of rotatable bonds is 5. The molecule has 0 aliphatic rings. The minimum Gasteiger partial charge on any atom is -0.493 e. The highest BCUT2D eigenvalue weighted by Crippen LogP contribution is 2.22. The van der Waals surface area contributed by atoms with Gasteiger partial charge in [-0.05, 0) is 81.5 Å². The van der Waals surface area contributed by atoms with Crippen LogP contribution in [0.15, 0.2) is 30.3 Å². The number of hydrogen-bond donors (Lipinski definition) is 0. The number of hydrogen-bond acceptors (Lipinski definition) is 2. The van der Waals surface area contributed by atoms with Crippen LogP contribution in [0.25, 0.3) is 11.0 Å².